The van der Waals surface area contributed by atoms with Crippen molar-refractivity contribution in [3.05, 3.63) is 0 Å². The Hall–Kier alpha value is -0.0400. The van der Waals surface area contributed by atoms with Crippen molar-refractivity contribution in [1.82, 2.24) is 10.2 Å². The summed E-state index contributed by atoms with van der Waals surface area (Å²) < 4.78 is 0. The van der Waals surface area contributed by atoms with E-state index < -0.39 is 0 Å². The largest absolute Gasteiger partial charge is 0.370 e. The molecule has 0 spiro atoms. The summed E-state index contributed by atoms with van der Waals surface area (Å²) in [7, 11) is 4.25. The normalized spacial score (nSPS) is 11.8. The molecular formula is C13H31IN4. The van der Waals surface area contributed by atoms with Crippen LogP contribution in [0.25, 0.3) is 0 Å². The highest BCUT2D eigenvalue weighted by molar-refractivity contribution is 14.0. The molecule has 0 aromatic carbocycles. The number of halogens is 1. The highest BCUT2D eigenvalue weighted by Gasteiger charge is 1.95. The first-order chi connectivity index (χ1) is 8.02. The van der Waals surface area contributed by atoms with E-state index in [1.54, 1.807) is 0 Å². The zero-order chi connectivity index (χ0) is 13.1. The zero-order valence-electron chi connectivity index (χ0n) is 12.4. The van der Waals surface area contributed by atoms with E-state index in [1.165, 1.54) is 32.2 Å². The van der Waals surface area contributed by atoms with Gasteiger partial charge in [0, 0.05) is 12.6 Å². The van der Waals surface area contributed by atoms with Gasteiger partial charge in [-0.3, -0.25) is 4.99 Å². The Kier molecular flexibility index (Phi) is 15.1. The van der Waals surface area contributed by atoms with Gasteiger partial charge in [-0.2, -0.15) is 0 Å². The fraction of sp³-hybridized carbons (Fsp3) is 0.923. The Morgan fingerprint density at radius 3 is 2.22 bits per heavy atom. The van der Waals surface area contributed by atoms with Crippen molar-refractivity contribution in [2.45, 2.75) is 52.0 Å². The number of nitrogens with one attached hydrogen (secondary N) is 1. The standard InChI is InChI=1S/C13H30N4.HI/c1-12(2)16-13(14)15-10-8-6-5-7-9-11-17(3)4;/h12H,5-11H2,1-4H3,(H3,14,15,16);1H. The monoisotopic (exact) mass is 370 g/mol. The van der Waals surface area contributed by atoms with E-state index in [0.29, 0.717) is 12.0 Å². The van der Waals surface area contributed by atoms with Crippen LogP contribution < -0.4 is 11.1 Å². The van der Waals surface area contributed by atoms with Crippen LogP contribution in [-0.2, 0) is 0 Å². The molecular weight excluding hydrogens is 339 g/mol. The quantitative estimate of drug-likeness (QED) is 0.284. The molecule has 3 N–H and O–H groups in total. The van der Waals surface area contributed by atoms with E-state index in [2.05, 4.69) is 43.2 Å². The van der Waals surface area contributed by atoms with Gasteiger partial charge in [-0.05, 0) is 47.3 Å². The number of hydrogen-bond acceptors (Lipinski definition) is 2. The molecule has 0 saturated carbocycles. The van der Waals surface area contributed by atoms with Gasteiger partial charge < -0.3 is 16.0 Å². The summed E-state index contributed by atoms with van der Waals surface area (Å²) in [5, 5.41) is 3.09. The molecule has 0 bridgehead atoms. The van der Waals surface area contributed by atoms with Crippen LogP contribution in [0.5, 0.6) is 0 Å². The van der Waals surface area contributed by atoms with Crippen LogP contribution >= 0.6 is 24.0 Å². The Morgan fingerprint density at radius 1 is 1.11 bits per heavy atom. The average Bonchev–Trinajstić information content (AvgIpc) is 2.20. The van der Waals surface area contributed by atoms with Gasteiger partial charge in [0.2, 0.25) is 0 Å². The molecule has 0 aromatic heterocycles. The smallest absolute Gasteiger partial charge is 0.188 e. The van der Waals surface area contributed by atoms with Crippen LogP contribution in [0.2, 0.25) is 0 Å². The molecule has 0 heterocycles. The average molecular weight is 370 g/mol. The maximum atomic E-state index is 5.70. The number of hydrogen-bond donors (Lipinski definition) is 2. The molecule has 0 atom stereocenters. The number of rotatable bonds is 9. The summed E-state index contributed by atoms with van der Waals surface area (Å²) >= 11 is 0. The van der Waals surface area contributed by atoms with E-state index in [0.717, 1.165) is 13.0 Å². The SMILES string of the molecule is CC(C)NC(N)=NCCCCCCCN(C)C.I. The molecule has 0 aliphatic rings. The number of aliphatic imine (C=N–C) groups is 1. The molecule has 0 fully saturated rings. The molecule has 0 saturated heterocycles. The number of guanidine groups is 1. The highest BCUT2D eigenvalue weighted by atomic mass is 127. The molecule has 0 radical (unpaired) electrons. The minimum absolute atomic E-state index is 0. The maximum absolute atomic E-state index is 5.70. The molecule has 0 rings (SSSR count). The molecule has 5 heteroatoms. The summed E-state index contributed by atoms with van der Waals surface area (Å²) in [5.41, 5.74) is 5.70. The Labute approximate surface area is 130 Å². The molecule has 110 valence electrons. The summed E-state index contributed by atoms with van der Waals surface area (Å²) in [4.78, 5) is 6.52. The van der Waals surface area contributed by atoms with Gasteiger partial charge in [0.25, 0.3) is 0 Å². The summed E-state index contributed by atoms with van der Waals surface area (Å²) in [6, 6.07) is 0.366. The van der Waals surface area contributed by atoms with Crippen LogP contribution in [-0.4, -0.2) is 44.1 Å². The van der Waals surface area contributed by atoms with Gasteiger partial charge in [-0.25, -0.2) is 0 Å². The van der Waals surface area contributed by atoms with Crippen molar-refractivity contribution in [1.29, 1.82) is 0 Å². The van der Waals surface area contributed by atoms with Gasteiger partial charge in [-0.15, -0.1) is 24.0 Å². The fourth-order valence-electron chi connectivity index (χ4n) is 1.61. The molecule has 18 heavy (non-hydrogen) atoms. The lowest BCUT2D eigenvalue weighted by Crippen LogP contribution is -2.36. The van der Waals surface area contributed by atoms with Gasteiger partial charge in [-0.1, -0.05) is 19.3 Å². The Morgan fingerprint density at radius 2 is 1.67 bits per heavy atom. The number of unbranched alkanes of at least 4 members (excludes halogenated alkanes) is 4. The van der Waals surface area contributed by atoms with Crippen molar-refractivity contribution >= 4 is 29.9 Å². The van der Waals surface area contributed by atoms with Gasteiger partial charge in [0.15, 0.2) is 5.96 Å². The lowest BCUT2D eigenvalue weighted by molar-refractivity contribution is 0.390. The Bertz CT molecular complexity index is 205. The Balaban J connectivity index is 0. The number of nitrogens with zero attached hydrogens (tertiary/aromatic N) is 2. The summed E-state index contributed by atoms with van der Waals surface area (Å²) in [6.45, 7) is 6.17. The van der Waals surface area contributed by atoms with Gasteiger partial charge in [0.05, 0.1) is 0 Å². The molecule has 0 aliphatic carbocycles. The van der Waals surface area contributed by atoms with Crippen LogP contribution in [0.15, 0.2) is 4.99 Å². The molecule has 0 aliphatic heterocycles. The van der Waals surface area contributed by atoms with Crippen molar-refractivity contribution in [2.24, 2.45) is 10.7 Å². The predicted octanol–water partition coefficient (Wildman–Crippen LogP) is 2.43. The summed E-state index contributed by atoms with van der Waals surface area (Å²) in [6.07, 6.45) is 6.32. The fourth-order valence-corrected chi connectivity index (χ4v) is 1.61. The third kappa shape index (κ3) is 16.0. The van der Waals surface area contributed by atoms with Crippen LogP contribution in [0.3, 0.4) is 0 Å². The predicted molar refractivity (Wildman–Crippen MR) is 91.8 cm³/mol. The first-order valence-corrected chi connectivity index (χ1v) is 6.73. The van der Waals surface area contributed by atoms with Crippen molar-refractivity contribution in [3.63, 3.8) is 0 Å². The van der Waals surface area contributed by atoms with E-state index >= 15 is 0 Å². The van der Waals surface area contributed by atoms with Crippen LogP contribution in [0.4, 0.5) is 0 Å². The number of nitrogens with two attached hydrogens (primary N) is 1. The molecule has 4 nitrogen and oxygen atoms in total. The summed E-state index contributed by atoms with van der Waals surface area (Å²) in [5.74, 6) is 0.576. The van der Waals surface area contributed by atoms with Crippen LogP contribution in [0.1, 0.15) is 46.0 Å². The van der Waals surface area contributed by atoms with E-state index in [1.807, 2.05) is 0 Å². The lowest BCUT2D eigenvalue weighted by Gasteiger charge is -2.09. The third-order valence-electron chi connectivity index (χ3n) is 2.48. The van der Waals surface area contributed by atoms with Crippen molar-refractivity contribution in [3.8, 4) is 0 Å². The first-order valence-electron chi connectivity index (χ1n) is 6.73. The lowest BCUT2D eigenvalue weighted by atomic mass is 10.1. The molecule has 0 unspecified atom stereocenters. The maximum Gasteiger partial charge on any atom is 0.188 e. The van der Waals surface area contributed by atoms with Gasteiger partial charge >= 0.3 is 0 Å². The van der Waals surface area contributed by atoms with Gasteiger partial charge in [0.1, 0.15) is 0 Å². The van der Waals surface area contributed by atoms with Crippen molar-refractivity contribution in [2.75, 3.05) is 27.2 Å². The van der Waals surface area contributed by atoms with Crippen molar-refractivity contribution < 1.29 is 0 Å². The minimum Gasteiger partial charge on any atom is -0.370 e. The second-order valence-electron chi connectivity index (χ2n) is 5.14. The topological polar surface area (TPSA) is 53.6 Å². The van der Waals surface area contributed by atoms with E-state index in [4.69, 9.17) is 5.73 Å². The van der Waals surface area contributed by atoms with Crippen LogP contribution in [0, 0.1) is 0 Å². The third-order valence-corrected chi connectivity index (χ3v) is 2.48. The molecule has 0 amide bonds. The minimum atomic E-state index is 0. The zero-order valence-corrected chi connectivity index (χ0v) is 14.7. The highest BCUT2D eigenvalue weighted by Crippen LogP contribution is 2.03. The molecule has 0 aromatic rings. The second kappa shape index (κ2) is 13.4. The second-order valence-corrected chi connectivity index (χ2v) is 5.14. The van der Waals surface area contributed by atoms with E-state index in [9.17, 15) is 0 Å². The first kappa shape index (κ1) is 20.3. The van der Waals surface area contributed by atoms with E-state index in [-0.39, 0.29) is 24.0 Å².